The number of nitrogens with one attached hydrogen (secondary N) is 3. The van der Waals surface area contributed by atoms with Gasteiger partial charge in [-0.3, -0.25) is 9.78 Å². The Morgan fingerprint density at radius 2 is 1.90 bits per heavy atom. The van der Waals surface area contributed by atoms with E-state index in [9.17, 15) is 4.79 Å². The van der Waals surface area contributed by atoms with Crippen molar-refractivity contribution in [1.29, 1.82) is 5.26 Å². The fourth-order valence-electron chi connectivity index (χ4n) is 5.22. The minimum atomic E-state index is 0.0103. The van der Waals surface area contributed by atoms with Gasteiger partial charge in [0.1, 0.15) is 16.9 Å². The summed E-state index contributed by atoms with van der Waals surface area (Å²) >= 11 is 6.38. The molecule has 3 N–H and O–H groups in total. The van der Waals surface area contributed by atoms with Gasteiger partial charge >= 0.3 is 0 Å². The molecule has 1 aromatic carbocycles. The number of fused-ring (bicyclic) bond motifs is 6. The lowest BCUT2D eigenvalue weighted by Gasteiger charge is -2.32. The van der Waals surface area contributed by atoms with Crippen molar-refractivity contribution in [3.63, 3.8) is 0 Å². The van der Waals surface area contributed by atoms with E-state index in [4.69, 9.17) is 16.9 Å². The molecule has 2 aliphatic heterocycles. The van der Waals surface area contributed by atoms with E-state index in [2.05, 4.69) is 46.9 Å². The van der Waals surface area contributed by atoms with Gasteiger partial charge in [0.2, 0.25) is 11.9 Å². The predicted octanol–water partition coefficient (Wildman–Crippen LogP) is 5.62. The van der Waals surface area contributed by atoms with Gasteiger partial charge in [0.05, 0.1) is 23.6 Å². The van der Waals surface area contributed by atoms with Crippen molar-refractivity contribution in [1.82, 2.24) is 19.9 Å². The van der Waals surface area contributed by atoms with E-state index in [0.29, 0.717) is 41.1 Å². The number of halogens is 1. The van der Waals surface area contributed by atoms with Crippen LogP contribution in [0.1, 0.15) is 36.0 Å². The molecular weight excluding hydrogens is 538 g/mol. The molecule has 0 saturated carbocycles. The summed E-state index contributed by atoms with van der Waals surface area (Å²) in [4.78, 5) is 33.0. The van der Waals surface area contributed by atoms with Crippen molar-refractivity contribution in [2.24, 2.45) is 5.92 Å². The average Bonchev–Trinajstić information content (AvgIpc) is 2.99. The molecule has 1 amide bonds. The number of hydrogen-bond acceptors (Lipinski definition) is 9. The largest absolute Gasteiger partial charge is 0.357 e. The lowest BCUT2D eigenvalue weighted by atomic mass is 9.93. The normalized spacial score (nSPS) is 14.8. The molecule has 0 unspecified atom stereocenters. The van der Waals surface area contributed by atoms with E-state index in [-0.39, 0.29) is 5.91 Å². The van der Waals surface area contributed by atoms with Crippen LogP contribution in [0.3, 0.4) is 0 Å². The molecule has 0 aliphatic carbocycles. The van der Waals surface area contributed by atoms with Gasteiger partial charge in [0.25, 0.3) is 0 Å². The number of nitrogens with zero attached hydrogens (tertiary/aromatic N) is 6. The lowest BCUT2D eigenvalue weighted by molar-refractivity contribution is -0.117. The first kappa shape index (κ1) is 26.5. The first-order valence-electron chi connectivity index (χ1n) is 13.6. The third-order valence-corrected chi connectivity index (χ3v) is 7.69. The Balaban J connectivity index is 1.14. The average molecular weight is 566 g/mol. The number of pyridine rings is 2. The van der Waals surface area contributed by atoms with Gasteiger partial charge in [-0.05, 0) is 79.1 Å². The van der Waals surface area contributed by atoms with E-state index in [0.717, 1.165) is 66.4 Å². The minimum absolute atomic E-state index is 0.0103. The molecule has 41 heavy (non-hydrogen) atoms. The Morgan fingerprint density at radius 1 is 1.02 bits per heavy atom. The summed E-state index contributed by atoms with van der Waals surface area (Å²) in [5.74, 6) is 2.08. The minimum Gasteiger partial charge on any atom is -0.357 e. The molecule has 10 nitrogen and oxygen atoms in total. The molecular formula is C30H28ClN9O. The molecule has 206 valence electrons. The maximum atomic E-state index is 13.2. The second kappa shape index (κ2) is 11.8. The summed E-state index contributed by atoms with van der Waals surface area (Å²) in [6.07, 6.45) is 10.5. The fraction of sp³-hybridized carbons (Fsp3) is 0.267. The molecule has 4 aromatic rings. The molecule has 6 bridgehead atoms. The van der Waals surface area contributed by atoms with Crippen molar-refractivity contribution < 1.29 is 4.79 Å². The van der Waals surface area contributed by atoms with Crippen molar-refractivity contribution in [3.05, 3.63) is 82.9 Å². The number of benzene rings is 1. The molecule has 5 heterocycles. The quantitative estimate of drug-likeness (QED) is 0.288. The molecule has 1 fully saturated rings. The van der Waals surface area contributed by atoms with Crippen LogP contribution in [0, 0.1) is 17.2 Å². The Kier molecular flexibility index (Phi) is 7.60. The zero-order valence-corrected chi connectivity index (χ0v) is 23.0. The smallest absolute Gasteiger partial charge is 0.229 e. The Morgan fingerprint density at radius 3 is 2.71 bits per heavy atom. The van der Waals surface area contributed by atoms with Gasteiger partial charge < -0.3 is 20.9 Å². The Bertz CT molecular complexity index is 1610. The molecule has 11 heteroatoms. The molecule has 3 aromatic heterocycles. The van der Waals surface area contributed by atoms with Crippen LogP contribution < -0.4 is 20.9 Å². The van der Waals surface area contributed by atoms with Crippen molar-refractivity contribution in [2.45, 2.75) is 32.1 Å². The third-order valence-electron chi connectivity index (χ3n) is 7.41. The van der Waals surface area contributed by atoms with Gasteiger partial charge in [-0.2, -0.15) is 10.2 Å². The Hall–Kier alpha value is -4.75. The lowest BCUT2D eigenvalue weighted by Crippen LogP contribution is -2.35. The molecule has 0 atom stereocenters. The van der Waals surface area contributed by atoms with E-state index >= 15 is 0 Å². The molecule has 2 aliphatic rings. The van der Waals surface area contributed by atoms with Crippen LogP contribution >= 0.6 is 11.6 Å². The van der Waals surface area contributed by atoms with Crippen molar-refractivity contribution in [3.8, 4) is 6.07 Å². The highest BCUT2D eigenvalue weighted by Crippen LogP contribution is 2.30. The van der Waals surface area contributed by atoms with Crippen molar-refractivity contribution in [2.75, 3.05) is 33.9 Å². The van der Waals surface area contributed by atoms with E-state index in [1.165, 1.54) is 0 Å². The SMILES string of the molecule is N#Cc1ccc(N2CCC(CC(=O)Nc3ccc4cc3CCc3cncc(c3)Nc3ncc(Cl)c(n3)N4)CC2)nc1. The molecule has 6 rings (SSSR count). The predicted molar refractivity (Wildman–Crippen MR) is 159 cm³/mol. The van der Waals surface area contributed by atoms with Crippen LogP contribution in [-0.2, 0) is 17.6 Å². The number of piperidine rings is 1. The summed E-state index contributed by atoms with van der Waals surface area (Å²) in [5.41, 5.74) is 5.02. The maximum absolute atomic E-state index is 13.2. The topological polar surface area (TPSA) is 132 Å². The monoisotopic (exact) mass is 565 g/mol. The van der Waals surface area contributed by atoms with Crippen LogP contribution in [-0.4, -0.2) is 38.9 Å². The number of hydrogen-bond donors (Lipinski definition) is 3. The highest BCUT2D eigenvalue weighted by atomic mass is 35.5. The standard InChI is InChI=1S/C30H28ClN9O/c31-25-18-35-30-37-24-11-20(15-33-17-24)1-3-22-13-23(36-29(25)39-30)4-5-26(22)38-28(41)12-19-7-9-40(10-8-19)27-6-2-21(14-32)16-34-27/h2,4-6,11,13,15-19H,1,3,7-10,12H2,(H,38,41)(H2,35,36,37,39). The summed E-state index contributed by atoms with van der Waals surface area (Å²) in [5, 5.41) is 19.1. The van der Waals surface area contributed by atoms with Crippen LogP contribution in [0.5, 0.6) is 0 Å². The van der Waals surface area contributed by atoms with Gasteiger partial charge in [-0.15, -0.1) is 0 Å². The van der Waals surface area contributed by atoms with Gasteiger partial charge in [-0.1, -0.05) is 11.6 Å². The summed E-state index contributed by atoms with van der Waals surface area (Å²) in [7, 11) is 0. The van der Waals surface area contributed by atoms with Crippen LogP contribution in [0.25, 0.3) is 0 Å². The molecule has 0 radical (unpaired) electrons. The number of carbonyl (C=O) groups excluding carboxylic acids is 1. The number of aryl methyl sites for hydroxylation is 2. The number of rotatable bonds is 4. The van der Waals surface area contributed by atoms with Crippen LogP contribution in [0.2, 0.25) is 5.02 Å². The second-order valence-electron chi connectivity index (χ2n) is 10.3. The highest BCUT2D eigenvalue weighted by molar-refractivity contribution is 6.32. The Labute approximate surface area is 242 Å². The van der Waals surface area contributed by atoms with Gasteiger partial charge in [0, 0.05) is 43.3 Å². The van der Waals surface area contributed by atoms with E-state index in [1.54, 1.807) is 24.7 Å². The van der Waals surface area contributed by atoms with Gasteiger partial charge in [-0.25, -0.2) is 9.97 Å². The van der Waals surface area contributed by atoms with Crippen LogP contribution in [0.4, 0.5) is 34.6 Å². The van der Waals surface area contributed by atoms with E-state index in [1.807, 2.05) is 36.5 Å². The second-order valence-corrected chi connectivity index (χ2v) is 10.7. The number of nitriles is 1. The van der Waals surface area contributed by atoms with Crippen LogP contribution in [0.15, 0.2) is 61.2 Å². The summed E-state index contributed by atoms with van der Waals surface area (Å²) < 4.78 is 0. The number of amides is 1. The summed E-state index contributed by atoms with van der Waals surface area (Å²) in [6.45, 7) is 1.66. The van der Waals surface area contributed by atoms with Gasteiger partial charge in [0.15, 0.2) is 5.82 Å². The molecule has 1 saturated heterocycles. The summed E-state index contributed by atoms with van der Waals surface area (Å²) in [6, 6.07) is 13.7. The molecule has 0 spiro atoms. The zero-order valence-electron chi connectivity index (χ0n) is 22.3. The first-order chi connectivity index (χ1) is 20.0. The first-order valence-corrected chi connectivity index (χ1v) is 13.9. The zero-order chi connectivity index (χ0) is 28.2. The number of carbonyl (C=O) groups is 1. The van der Waals surface area contributed by atoms with Crippen molar-refractivity contribution >= 4 is 52.2 Å². The third kappa shape index (κ3) is 6.36. The fourth-order valence-corrected chi connectivity index (χ4v) is 5.36. The number of aromatic nitrogens is 4. The maximum Gasteiger partial charge on any atom is 0.229 e. The highest BCUT2D eigenvalue weighted by Gasteiger charge is 2.23. The number of anilines is 6. The van der Waals surface area contributed by atoms with E-state index < -0.39 is 0 Å².